The third kappa shape index (κ3) is 6.42. The number of rotatable bonds is 1. The number of aliphatic hydroxyl groups excluding tert-OH is 1. The molecule has 0 saturated carbocycles. The van der Waals surface area contributed by atoms with Gasteiger partial charge in [-0.2, -0.15) is 0 Å². The Morgan fingerprint density at radius 2 is 1.89 bits per heavy atom. The van der Waals surface area contributed by atoms with Gasteiger partial charge in [0.15, 0.2) is 0 Å². The lowest BCUT2D eigenvalue weighted by Gasteiger charge is -2.25. The van der Waals surface area contributed by atoms with Crippen LogP contribution in [0, 0.1) is 5.41 Å². The summed E-state index contributed by atoms with van der Waals surface area (Å²) in [7, 11) is 1.31. The van der Waals surface area contributed by atoms with E-state index in [-0.39, 0.29) is 11.5 Å². The second kappa shape index (κ2) is 6.75. The molecule has 1 atom stereocenters. The SMILES string of the molecule is CC(C)(C)OC(=O)N1CC(O)C(C)(C)C1.COC=O. The summed E-state index contributed by atoms with van der Waals surface area (Å²) < 4.78 is 9.10. The normalized spacial score (nSPS) is 21.2. The Balaban J connectivity index is 0.000000711. The van der Waals surface area contributed by atoms with Gasteiger partial charge in [-0.3, -0.25) is 4.79 Å². The summed E-state index contributed by atoms with van der Waals surface area (Å²) in [6.07, 6.45) is -0.808. The molecule has 0 aliphatic carbocycles. The van der Waals surface area contributed by atoms with E-state index in [0.717, 1.165) is 0 Å². The molecule has 0 aromatic carbocycles. The minimum Gasteiger partial charge on any atom is -0.471 e. The van der Waals surface area contributed by atoms with Gasteiger partial charge in [-0.1, -0.05) is 13.8 Å². The fourth-order valence-corrected chi connectivity index (χ4v) is 1.58. The largest absolute Gasteiger partial charge is 0.471 e. The summed E-state index contributed by atoms with van der Waals surface area (Å²) in [6, 6.07) is 0. The molecule has 1 fully saturated rings. The summed E-state index contributed by atoms with van der Waals surface area (Å²) in [5.74, 6) is 0. The lowest BCUT2D eigenvalue weighted by Crippen LogP contribution is -2.36. The molecule has 1 rings (SSSR count). The highest BCUT2D eigenvalue weighted by Crippen LogP contribution is 2.30. The molecule has 1 N–H and O–H groups in total. The number of aliphatic hydroxyl groups is 1. The minimum absolute atomic E-state index is 0.239. The Labute approximate surface area is 114 Å². The van der Waals surface area contributed by atoms with Crippen LogP contribution in [0.3, 0.4) is 0 Å². The fraction of sp³-hybridized carbons (Fsp3) is 0.846. The van der Waals surface area contributed by atoms with Gasteiger partial charge >= 0.3 is 6.09 Å². The maximum Gasteiger partial charge on any atom is 0.410 e. The van der Waals surface area contributed by atoms with Crippen LogP contribution in [0.25, 0.3) is 0 Å². The number of β-amino-alcohol motifs (C(OH)–C–C–N with tert-alkyl or cyclic N) is 1. The van der Waals surface area contributed by atoms with Crippen molar-refractivity contribution < 1.29 is 24.2 Å². The Morgan fingerprint density at radius 3 is 2.16 bits per heavy atom. The molecule has 6 heteroatoms. The number of carbonyl (C=O) groups excluding carboxylic acids is 2. The maximum atomic E-state index is 11.7. The van der Waals surface area contributed by atoms with Crippen LogP contribution in [0.2, 0.25) is 0 Å². The third-order valence-electron chi connectivity index (χ3n) is 2.64. The monoisotopic (exact) mass is 275 g/mol. The van der Waals surface area contributed by atoms with Crippen LogP contribution >= 0.6 is 0 Å². The van der Waals surface area contributed by atoms with Gasteiger partial charge in [0.1, 0.15) is 5.60 Å². The third-order valence-corrected chi connectivity index (χ3v) is 2.64. The zero-order chi connectivity index (χ0) is 15.3. The zero-order valence-corrected chi connectivity index (χ0v) is 12.6. The van der Waals surface area contributed by atoms with Gasteiger partial charge in [-0.05, 0) is 20.8 Å². The van der Waals surface area contributed by atoms with E-state index in [1.54, 1.807) is 4.90 Å². The van der Waals surface area contributed by atoms with Crippen molar-refractivity contribution in [2.24, 2.45) is 5.41 Å². The molecule has 112 valence electrons. The first-order valence-electron chi connectivity index (χ1n) is 6.16. The standard InChI is InChI=1S/C11H21NO3.C2H4O2/c1-10(2,3)15-9(14)12-6-8(13)11(4,5)7-12;1-4-2-3/h8,13H,6-7H2,1-5H3;2H,1H3. The van der Waals surface area contributed by atoms with Gasteiger partial charge in [0.05, 0.1) is 19.8 Å². The zero-order valence-electron chi connectivity index (χ0n) is 12.6. The summed E-state index contributed by atoms with van der Waals surface area (Å²) >= 11 is 0. The van der Waals surface area contributed by atoms with Crippen molar-refractivity contribution >= 4 is 12.6 Å². The minimum atomic E-state index is -0.477. The van der Waals surface area contributed by atoms with Gasteiger partial charge in [0.2, 0.25) is 0 Å². The lowest BCUT2D eigenvalue weighted by molar-refractivity contribution is -0.126. The van der Waals surface area contributed by atoms with E-state index in [9.17, 15) is 9.90 Å². The molecular formula is C13H25NO5. The molecule has 1 heterocycles. The van der Waals surface area contributed by atoms with Gasteiger partial charge in [-0.25, -0.2) is 4.79 Å². The van der Waals surface area contributed by atoms with Crippen molar-refractivity contribution in [1.82, 2.24) is 4.90 Å². The Kier molecular flexibility index (Phi) is 6.29. The fourth-order valence-electron chi connectivity index (χ4n) is 1.58. The Morgan fingerprint density at radius 1 is 1.42 bits per heavy atom. The quantitative estimate of drug-likeness (QED) is 0.732. The summed E-state index contributed by atoms with van der Waals surface area (Å²) in [4.78, 5) is 22.2. The van der Waals surface area contributed by atoms with E-state index in [0.29, 0.717) is 19.6 Å². The van der Waals surface area contributed by atoms with E-state index < -0.39 is 11.7 Å². The van der Waals surface area contributed by atoms with Gasteiger partial charge < -0.3 is 19.5 Å². The van der Waals surface area contributed by atoms with E-state index in [1.165, 1.54) is 7.11 Å². The first-order valence-corrected chi connectivity index (χ1v) is 6.16. The highest BCUT2D eigenvalue weighted by atomic mass is 16.6. The first kappa shape index (κ1) is 17.7. The van der Waals surface area contributed by atoms with E-state index >= 15 is 0 Å². The summed E-state index contributed by atoms with van der Waals surface area (Å²) in [6.45, 7) is 10.7. The molecule has 1 saturated heterocycles. The average Bonchev–Trinajstić information content (AvgIpc) is 2.52. The Bertz CT molecular complexity index is 309. The summed E-state index contributed by atoms with van der Waals surface area (Å²) in [5.41, 5.74) is -0.717. The van der Waals surface area contributed by atoms with Crippen molar-refractivity contribution in [3.63, 3.8) is 0 Å². The van der Waals surface area contributed by atoms with E-state index in [4.69, 9.17) is 9.53 Å². The van der Waals surface area contributed by atoms with Gasteiger partial charge in [0, 0.05) is 12.0 Å². The molecule has 6 nitrogen and oxygen atoms in total. The second-order valence-electron chi connectivity index (χ2n) is 6.20. The molecule has 0 aromatic heterocycles. The molecule has 0 spiro atoms. The van der Waals surface area contributed by atoms with Crippen LogP contribution < -0.4 is 0 Å². The predicted molar refractivity (Wildman–Crippen MR) is 70.7 cm³/mol. The number of carbonyl (C=O) groups is 2. The molecule has 1 unspecified atom stereocenters. The number of amides is 1. The number of nitrogens with zero attached hydrogens (tertiary/aromatic N) is 1. The van der Waals surface area contributed by atoms with Crippen molar-refractivity contribution in [2.75, 3.05) is 20.2 Å². The number of hydrogen-bond donors (Lipinski definition) is 1. The molecule has 0 aromatic rings. The first-order chi connectivity index (χ1) is 8.53. The number of methoxy groups -OCH3 is 1. The average molecular weight is 275 g/mol. The van der Waals surface area contributed by atoms with Crippen molar-refractivity contribution in [3.8, 4) is 0 Å². The lowest BCUT2D eigenvalue weighted by atomic mass is 9.90. The number of ether oxygens (including phenoxy) is 2. The molecule has 0 bridgehead atoms. The van der Waals surface area contributed by atoms with E-state index in [1.807, 2.05) is 34.6 Å². The van der Waals surface area contributed by atoms with Crippen LogP contribution in [0.4, 0.5) is 4.79 Å². The molecule has 19 heavy (non-hydrogen) atoms. The predicted octanol–water partition coefficient (Wildman–Crippen LogP) is 1.41. The highest BCUT2D eigenvalue weighted by molar-refractivity contribution is 5.68. The second-order valence-corrected chi connectivity index (χ2v) is 6.20. The van der Waals surface area contributed by atoms with Crippen molar-refractivity contribution in [1.29, 1.82) is 0 Å². The smallest absolute Gasteiger partial charge is 0.410 e. The van der Waals surface area contributed by atoms with Gasteiger partial charge in [0.25, 0.3) is 6.47 Å². The van der Waals surface area contributed by atoms with Crippen LogP contribution in [-0.4, -0.2) is 54.5 Å². The van der Waals surface area contributed by atoms with Crippen LogP contribution in [-0.2, 0) is 14.3 Å². The molecule has 1 amide bonds. The topological polar surface area (TPSA) is 76.1 Å². The molecule has 1 aliphatic rings. The van der Waals surface area contributed by atoms with Crippen molar-refractivity contribution in [3.05, 3.63) is 0 Å². The highest BCUT2D eigenvalue weighted by Gasteiger charge is 2.41. The number of likely N-dealkylation sites (tertiary alicyclic amines) is 1. The molecular weight excluding hydrogens is 250 g/mol. The van der Waals surface area contributed by atoms with Gasteiger partial charge in [-0.15, -0.1) is 0 Å². The van der Waals surface area contributed by atoms with Crippen LogP contribution in [0.1, 0.15) is 34.6 Å². The van der Waals surface area contributed by atoms with Crippen LogP contribution in [0.15, 0.2) is 0 Å². The van der Waals surface area contributed by atoms with E-state index in [2.05, 4.69) is 4.74 Å². The summed E-state index contributed by atoms with van der Waals surface area (Å²) in [5, 5.41) is 9.73. The van der Waals surface area contributed by atoms with Crippen molar-refractivity contribution in [2.45, 2.75) is 46.3 Å². The number of hydrogen-bond acceptors (Lipinski definition) is 5. The van der Waals surface area contributed by atoms with Crippen LogP contribution in [0.5, 0.6) is 0 Å². The maximum absolute atomic E-state index is 11.7. The Hall–Kier alpha value is -1.30. The molecule has 0 radical (unpaired) electrons. The molecule has 1 aliphatic heterocycles.